The maximum atomic E-state index is 2.44. The molecule has 1 saturated carbocycles. The first kappa shape index (κ1) is 9.09. The van der Waals surface area contributed by atoms with Crippen molar-refractivity contribution in [2.24, 2.45) is 17.8 Å². The van der Waals surface area contributed by atoms with Gasteiger partial charge in [0.2, 0.25) is 0 Å². The molecule has 11 heavy (non-hydrogen) atoms. The molecule has 0 saturated heterocycles. The minimum Gasteiger partial charge on any atom is -0.0651 e. The molecule has 66 valence electrons. The zero-order valence-electron chi connectivity index (χ0n) is 8.27. The summed E-state index contributed by atoms with van der Waals surface area (Å²) in [5.41, 5.74) is 0. The van der Waals surface area contributed by atoms with Crippen LogP contribution in [-0.2, 0) is 0 Å². The summed E-state index contributed by atoms with van der Waals surface area (Å²) in [4.78, 5) is 0. The van der Waals surface area contributed by atoms with E-state index in [0.717, 1.165) is 17.8 Å². The van der Waals surface area contributed by atoms with Gasteiger partial charge in [0.05, 0.1) is 0 Å². The highest BCUT2D eigenvalue weighted by molar-refractivity contribution is 4.72. The molecule has 0 spiro atoms. The van der Waals surface area contributed by atoms with Crippen molar-refractivity contribution in [3.63, 3.8) is 0 Å². The first-order chi connectivity index (χ1) is 5.24. The zero-order chi connectivity index (χ0) is 8.27. The van der Waals surface area contributed by atoms with Crippen LogP contribution < -0.4 is 0 Å². The van der Waals surface area contributed by atoms with Crippen molar-refractivity contribution < 1.29 is 0 Å². The molecule has 1 fully saturated rings. The van der Waals surface area contributed by atoms with Gasteiger partial charge in [-0.2, -0.15) is 0 Å². The smallest absolute Gasteiger partial charge is 0.0391 e. The highest BCUT2D eigenvalue weighted by atomic mass is 14.3. The zero-order valence-corrected chi connectivity index (χ0v) is 8.27. The largest absolute Gasteiger partial charge is 0.0651 e. The van der Waals surface area contributed by atoms with Crippen LogP contribution in [0.5, 0.6) is 0 Å². The molecule has 3 unspecified atom stereocenters. The maximum Gasteiger partial charge on any atom is -0.0391 e. The number of hydrogen-bond acceptors (Lipinski definition) is 0. The standard InChI is InChI=1S/C11H22/c1-4-11-8-6-9(2)5-7-10(11)3/h9-11H,4-8H2,1-3H3. The summed E-state index contributed by atoms with van der Waals surface area (Å²) >= 11 is 0. The molecule has 1 aliphatic carbocycles. The lowest BCUT2D eigenvalue weighted by atomic mass is 9.88. The van der Waals surface area contributed by atoms with E-state index >= 15 is 0 Å². The van der Waals surface area contributed by atoms with Gasteiger partial charge in [-0.3, -0.25) is 0 Å². The Morgan fingerprint density at radius 2 is 1.64 bits per heavy atom. The highest BCUT2D eigenvalue weighted by Gasteiger charge is 2.20. The van der Waals surface area contributed by atoms with Crippen LogP contribution in [-0.4, -0.2) is 0 Å². The molecule has 0 radical (unpaired) electrons. The summed E-state index contributed by atoms with van der Waals surface area (Å²) in [6.45, 7) is 7.19. The predicted octanol–water partition coefficient (Wildman–Crippen LogP) is 3.86. The molecule has 3 atom stereocenters. The van der Waals surface area contributed by atoms with Crippen molar-refractivity contribution >= 4 is 0 Å². The third kappa shape index (κ3) is 2.50. The van der Waals surface area contributed by atoms with Gasteiger partial charge in [-0.05, 0) is 24.2 Å². The van der Waals surface area contributed by atoms with Crippen LogP contribution in [0.3, 0.4) is 0 Å². The van der Waals surface area contributed by atoms with Gasteiger partial charge >= 0.3 is 0 Å². The summed E-state index contributed by atoms with van der Waals surface area (Å²) in [6, 6.07) is 0. The third-order valence-electron chi connectivity index (χ3n) is 3.47. The van der Waals surface area contributed by atoms with Gasteiger partial charge < -0.3 is 0 Å². The molecule has 1 aliphatic rings. The van der Waals surface area contributed by atoms with Gasteiger partial charge in [-0.25, -0.2) is 0 Å². The van der Waals surface area contributed by atoms with Crippen LogP contribution >= 0.6 is 0 Å². The predicted molar refractivity (Wildman–Crippen MR) is 50.6 cm³/mol. The normalized spacial score (nSPS) is 40.1. The van der Waals surface area contributed by atoms with E-state index in [4.69, 9.17) is 0 Å². The van der Waals surface area contributed by atoms with E-state index in [9.17, 15) is 0 Å². The second-order valence-corrected chi connectivity index (χ2v) is 4.41. The molecule has 0 aromatic rings. The monoisotopic (exact) mass is 154 g/mol. The van der Waals surface area contributed by atoms with Gasteiger partial charge in [0, 0.05) is 0 Å². The fourth-order valence-corrected chi connectivity index (χ4v) is 2.32. The lowest BCUT2D eigenvalue weighted by molar-refractivity contribution is 0.328. The molecule has 0 aromatic carbocycles. The van der Waals surface area contributed by atoms with Crippen molar-refractivity contribution in [2.75, 3.05) is 0 Å². The van der Waals surface area contributed by atoms with E-state index in [2.05, 4.69) is 20.8 Å². The van der Waals surface area contributed by atoms with Crippen molar-refractivity contribution in [3.8, 4) is 0 Å². The minimum atomic E-state index is 0.991. The van der Waals surface area contributed by atoms with E-state index in [-0.39, 0.29) is 0 Å². The van der Waals surface area contributed by atoms with E-state index in [0.29, 0.717) is 0 Å². The van der Waals surface area contributed by atoms with E-state index in [1.165, 1.54) is 32.1 Å². The minimum absolute atomic E-state index is 0.991. The Bertz CT molecular complexity index is 107. The first-order valence-corrected chi connectivity index (χ1v) is 5.24. The average molecular weight is 154 g/mol. The van der Waals surface area contributed by atoms with Crippen LogP contribution in [0.4, 0.5) is 0 Å². The summed E-state index contributed by atoms with van der Waals surface area (Å²) in [6.07, 6.45) is 7.30. The molecule has 0 nitrogen and oxygen atoms in total. The van der Waals surface area contributed by atoms with Gasteiger partial charge in [0.25, 0.3) is 0 Å². The van der Waals surface area contributed by atoms with Crippen molar-refractivity contribution in [1.29, 1.82) is 0 Å². The Hall–Kier alpha value is 0. The number of hydrogen-bond donors (Lipinski definition) is 0. The lowest BCUT2D eigenvalue weighted by Crippen LogP contribution is -2.07. The molecule has 1 rings (SSSR count). The average Bonchev–Trinajstić information content (AvgIpc) is 2.15. The second-order valence-electron chi connectivity index (χ2n) is 4.41. The van der Waals surface area contributed by atoms with Crippen LogP contribution in [0.25, 0.3) is 0 Å². The quantitative estimate of drug-likeness (QED) is 0.503. The Balaban J connectivity index is 2.41. The molecular weight excluding hydrogens is 132 g/mol. The fraction of sp³-hybridized carbons (Fsp3) is 1.00. The molecule has 0 aliphatic heterocycles. The van der Waals surface area contributed by atoms with E-state index in [1.807, 2.05) is 0 Å². The van der Waals surface area contributed by atoms with E-state index in [1.54, 1.807) is 0 Å². The topological polar surface area (TPSA) is 0 Å². The lowest BCUT2D eigenvalue weighted by Gasteiger charge is -2.18. The molecule has 0 bridgehead atoms. The van der Waals surface area contributed by atoms with Crippen LogP contribution in [0, 0.1) is 17.8 Å². The highest BCUT2D eigenvalue weighted by Crippen LogP contribution is 2.32. The van der Waals surface area contributed by atoms with Crippen molar-refractivity contribution in [3.05, 3.63) is 0 Å². The molecule has 0 amide bonds. The Labute approximate surface area is 71.4 Å². The summed E-state index contributed by atoms with van der Waals surface area (Å²) < 4.78 is 0. The molecule has 0 heterocycles. The Morgan fingerprint density at radius 1 is 1.00 bits per heavy atom. The summed E-state index contributed by atoms with van der Waals surface area (Å²) in [7, 11) is 0. The third-order valence-corrected chi connectivity index (χ3v) is 3.47. The number of rotatable bonds is 1. The van der Waals surface area contributed by atoms with Crippen LogP contribution in [0.15, 0.2) is 0 Å². The second kappa shape index (κ2) is 4.13. The maximum absolute atomic E-state index is 2.44. The molecular formula is C11H22. The molecule has 0 heteroatoms. The van der Waals surface area contributed by atoms with Crippen molar-refractivity contribution in [1.82, 2.24) is 0 Å². The first-order valence-electron chi connectivity index (χ1n) is 5.24. The van der Waals surface area contributed by atoms with Gasteiger partial charge in [0.15, 0.2) is 0 Å². The van der Waals surface area contributed by atoms with E-state index < -0.39 is 0 Å². The van der Waals surface area contributed by atoms with Gasteiger partial charge in [-0.1, -0.05) is 46.5 Å². The molecule has 0 N–H and O–H groups in total. The summed E-state index contributed by atoms with van der Waals surface area (Å²) in [5, 5.41) is 0. The Morgan fingerprint density at radius 3 is 2.27 bits per heavy atom. The molecule has 0 aromatic heterocycles. The van der Waals surface area contributed by atoms with Gasteiger partial charge in [0.1, 0.15) is 0 Å². The van der Waals surface area contributed by atoms with Crippen molar-refractivity contribution in [2.45, 2.75) is 52.9 Å². The van der Waals surface area contributed by atoms with Gasteiger partial charge in [-0.15, -0.1) is 0 Å². The summed E-state index contributed by atoms with van der Waals surface area (Å²) in [5.74, 6) is 3.01. The fourth-order valence-electron chi connectivity index (χ4n) is 2.32. The Kier molecular flexibility index (Phi) is 3.42. The SMILES string of the molecule is CCC1CCC(C)CCC1C. The van der Waals surface area contributed by atoms with Crippen LogP contribution in [0.2, 0.25) is 0 Å². The van der Waals surface area contributed by atoms with Crippen LogP contribution in [0.1, 0.15) is 52.9 Å².